The van der Waals surface area contributed by atoms with E-state index in [1.54, 1.807) is 0 Å². The number of amides is 1. The maximum Gasteiger partial charge on any atom is 0.222 e. The van der Waals surface area contributed by atoms with Crippen molar-refractivity contribution in [1.29, 1.82) is 0 Å². The molecule has 0 spiro atoms. The first-order valence-corrected chi connectivity index (χ1v) is 7.17. The first-order chi connectivity index (χ1) is 7.88. The number of rotatable bonds is 4. The van der Waals surface area contributed by atoms with Gasteiger partial charge in [-0.25, -0.2) is 0 Å². The van der Waals surface area contributed by atoms with Gasteiger partial charge in [0.25, 0.3) is 0 Å². The maximum absolute atomic E-state index is 12.3. The Kier molecular flexibility index (Phi) is 3.26. The van der Waals surface area contributed by atoms with Crippen LogP contribution in [-0.4, -0.2) is 23.4 Å². The summed E-state index contributed by atoms with van der Waals surface area (Å²) in [5, 5.41) is 0. The summed E-state index contributed by atoms with van der Waals surface area (Å²) >= 11 is 0. The van der Waals surface area contributed by atoms with E-state index in [-0.39, 0.29) is 0 Å². The monoisotopic (exact) mass is 237 g/mol. The predicted molar refractivity (Wildman–Crippen MR) is 70.8 cm³/mol. The fraction of sp³-hybridized carbons (Fsp3) is 0.933. The molecule has 0 unspecified atom stereocenters. The summed E-state index contributed by atoms with van der Waals surface area (Å²) < 4.78 is 0. The SMILES string of the molecule is CCCCCC(=O)N1C[C@]2(C)C[C@H]1C(C)(C)C2. The van der Waals surface area contributed by atoms with Crippen molar-refractivity contribution in [2.45, 2.75) is 72.3 Å². The number of nitrogens with zero attached hydrogens (tertiary/aromatic N) is 1. The Bertz CT molecular complexity index is 307. The van der Waals surface area contributed by atoms with Crippen molar-refractivity contribution in [3.63, 3.8) is 0 Å². The largest absolute Gasteiger partial charge is 0.339 e. The smallest absolute Gasteiger partial charge is 0.222 e. The Morgan fingerprint density at radius 1 is 1.29 bits per heavy atom. The minimum atomic E-state index is 0.327. The van der Waals surface area contributed by atoms with Gasteiger partial charge in [-0.2, -0.15) is 0 Å². The summed E-state index contributed by atoms with van der Waals surface area (Å²) in [7, 11) is 0. The van der Waals surface area contributed by atoms with Crippen molar-refractivity contribution in [3.05, 3.63) is 0 Å². The van der Waals surface area contributed by atoms with Gasteiger partial charge in [0.15, 0.2) is 0 Å². The van der Waals surface area contributed by atoms with Gasteiger partial charge in [0.2, 0.25) is 5.91 Å². The highest BCUT2D eigenvalue weighted by molar-refractivity contribution is 5.77. The molecule has 1 aliphatic carbocycles. The number of piperidine rings is 1. The number of carbonyl (C=O) groups excluding carboxylic acids is 1. The highest BCUT2D eigenvalue weighted by atomic mass is 16.2. The van der Waals surface area contributed by atoms with Crippen molar-refractivity contribution in [2.75, 3.05) is 6.54 Å². The lowest BCUT2D eigenvalue weighted by molar-refractivity contribution is -0.136. The fourth-order valence-electron chi connectivity index (χ4n) is 4.14. The van der Waals surface area contributed by atoms with Gasteiger partial charge < -0.3 is 4.90 Å². The molecule has 2 heteroatoms. The third-order valence-electron chi connectivity index (χ3n) is 4.71. The number of hydrogen-bond donors (Lipinski definition) is 0. The standard InChI is InChI=1S/C15H27NO/c1-5-6-7-8-13(17)16-11-15(4)9-12(16)14(2,3)10-15/h12H,5-11H2,1-4H3/t12-,15+/m0/s1. The zero-order chi connectivity index (χ0) is 12.7. The van der Waals surface area contributed by atoms with Crippen LogP contribution < -0.4 is 0 Å². The van der Waals surface area contributed by atoms with E-state index in [4.69, 9.17) is 0 Å². The molecule has 0 radical (unpaired) electrons. The van der Waals surface area contributed by atoms with Gasteiger partial charge in [-0.1, -0.05) is 40.5 Å². The normalized spacial score (nSPS) is 34.4. The quantitative estimate of drug-likeness (QED) is 0.684. The first kappa shape index (κ1) is 12.9. The molecule has 1 amide bonds. The van der Waals surface area contributed by atoms with Crippen LogP contribution in [0.25, 0.3) is 0 Å². The van der Waals surface area contributed by atoms with E-state index >= 15 is 0 Å². The maximum atomic E-state index is 12.3. The second-order valence-corrected chi connectivity index (χ2v) is 7.17. The highest BCUT2D eigenvalue weighted by Crippen LogP contribution is 2.56. The summed E-state index contributed by atoms with van der Waals surface area (Å²) in [4.78, 5) is 14.5. The molecule has 2 aliphatic rings. The second kappa shape index (κ2) is 4.29. The van der Waals surface area contributed by atoms with Crippen LogP contribution in [0.4, 0.5) is 0 Å². The Morgan fingerprint density at radius 2 is 2.00 bits per heavy atom. The molecule has 2 atom stereocenters. The van der Waals surface area contributed by atoms with Crippen LogP contribution >= 0.6 is 0 Å². The molecular weight excluding hydrogens is 210 g/mol. The predicted octanol–water partition coefficient (Wildman–Crippen LogP) is 3.60. The molecule has 17 heavy (non-hydrogen) atoms. The van der Waals surface area contributed by atoms with Crippen molar-refractivity contribution < 1.29 is 4.79 Å². The second-order valence-electron chi connectivity index (χ2n) is 7.17. The Hall–Kier alpha value is -0.530. The molecule has 2 fully saturated rings. The lowest BCUT2D eigenvalue weighted by Crippen LogP contribution is -2.47. The summed E-state index contributed by atoms with van der Waals surface area (Å²) in [5.74, 6) is 0.403. The van der Waals surface area contributed by atoms with Crippen molar-refractivity contribution in [1.82, 2.24) is 4.90 Å². The van der Waals surface area contributed by atoms with Crippen LogP contribution in [-0.2, 0) is 4.79 Å². The lowest BCUT2D eigenvalue weighted by Gasteiger charge is -2.41. The average molecular weight is 237 g/mol. The number of fused-ring (bicyclic) bond motifs is 2. The lowest BCUT2D eigenvalue weighted by atomic mass is 9.79. The summed E-state index contributed by atoms with van der Waals surface area (Å²) in [6.07, 6.45) is 6.71. The fourth-order valence-corrected chi connectivity index (χ4v) is 4.14. The van der Waals surface area contributed by atoms with Crippen LogP contribution in [0.2, 0.25) is 0 Å². The Labute approximate surface area is 106 Å². The number of likely N-dealkylation sites (tertiary alicyclic amines) is 1. The number of carbonyl (C=O) groups is 1. The Balaban J connectivity index is 1.97. The zero-order valence-corrected chi connectivity index (χ0v) is 11.9. The summed E-state index contributed by atoms with van der Waals surface area (Å²) in [6.45, 7) is 10.2. The van der Waals surface area contributed by atoms with E-state index in [1.807, 2.05) is 0 Å². The van der Waals surface area contributed by atoms with Crippen molar-refractivity contribution >= 4 is 5.91 Å². The molecule has 1 heterocycles. The topological polar surface area (TPSA) is 20.3 Å². The molecule has 1 saturated carbocycles. The van der Waals surface area contributed by atoms with Gasteiger partial charge in [-0.15, -0.1) is 0 Å². The van der Waals surface area contributed by atoms with Crippen LogP contribution in [0, 0.1) is 10.8 Å². The van der Waals surface area contributed by atoms with E-state index in [0.717, 1.165) is 19.4 Å². The van der Waals surface area contributed by atoms with Gasteiger partial charge in [0, 0.05) is 19.0 Å². The highest BCUT2D eigenvalue weighted by Gasteiger charge is 2.56. The van der Waals surface area contributed by atoms with Gasteiger partial charge in [-0.05, 0) is 30.1 Å². The van der Waals surface area contributed by atoms with Gasteiger partial charge in [0.1, 0.15) is 0 Å². The molecule has 1 saturated heterocycles. The van der Waals surface area contributed by atoms with Crippen LogP contribution in [0.15, 0.2) is 0 Å². The van der Waals surface area contributed by atoms with E-state index in [1.165, 1.54) is 25.7 Å². The average Bonchev–Trinajstić information content (AvgIpc) is 2.66. The molecule has 0 aromatic rings. The minimum absolute atomic E-state index is 0.327. The number of unbranched alkanes of at least 4 members (excludes halogenated alkanes) is 2. The summed E-state index contributed by atoms with van der Waals surface area (Å²) in [5.41, 5.74) is 0.724. The molecule has 98 valence electrons. The molecule has 0 aromatic heterocycles. The van der Waals surface area contributed by atoms with Crippen LogP contribution in [0.3, 0.4) is 0 Å². The molecule has 0 aromatic carbocycles. The molecular formula is C15H27NO. The molecule has 2 nitrogen and oxygen atoms in total. The van der Waals surface area contributed by atoms with Gasteiger partial charge in [-0.3, -0.25) is 4.79 Å². The minimum Gasteiger partial charge on any atom is -0.339 e. The van der Waals surface area contributed by atoms with E-state index in [9.17, 15) is 4.79 Å². The third kappa shape index (κ3) is 2.36. The van der Waals surface area contributed by atoms with Crippen LogP contribution in [0.1, 0.15) is 66.2 Å². The molecule has 0 N–H and O–H groups in total. The Morgan fingerprint density at radius 3 is 2.53 bits per heavy atom. The molecule has 2 bridgehead atoms. The van der Waals surface area contributed by atoms with E-state index in [0.29, 0.717) is 22.8 Å². The van der Waals surface area contributed by atoms with Crippen LogP contribution in [0.5, 0.6) is 0 Å². The summed E-state index contributed by atoms with van der Waals surface area (Å²) in [6, 6.07) is 0.502. The number of hydrogen-bond acceptors (Lipinski definition) is 1. The van der Waals surface area contributed by atoms with E-state index in [2.05, 4.69) is 32.6 Å². The first-order valence-electron chi connectivity index (χ1n) is 7.17. The van der Waals surface area contributed by atoms with E-state index < -0.39 is 0 Å². The van der Waals surface area contributed by atoms with Gasteiger partial charge in [0.05, 0.1) is 0 Å². The van der Waals surface area contributed by atoms with Crippen molar-refractivity contribution in [2.24, 2.45) is 10.8 Å². The molecule has 2 rings (SSSR count). The molecule has 1 aliphatic heterocycles. The van der Waals surface area contributed by atoms with Crippen molar-refractivity contribution in [3.8, 4) is 0 Å². The third-order valence-corrected chi connectivity index (χ3v) is 4.71. The van der Waals surface area contributed by atoms with Gasteiger partial charge >= 0.3 is 0 Å². The zero-order valence-electron chi connectivity index (χ0n) is 11.9.